The highest BCUT2D eigenvalue weighted by atomic mass is 32.2. The van der Waals surface area contributed by atoms with Crippen molar-refractivity contribution in [3.05, 3.63) is 35.7 Å². The number of hydrogen-bond acceptors (Lipinski definition) is 6. The van der Waals surface area contributed by atoms with Gasteiger partial charge in [-0.15, -0.1) is 5.10 Å². The van der Waals surface area contributed by atoms with Crippen LogP contribution in [0.15, 0.2) is 33.6 Å². The largest absolute Gasteiger partial charge is 0.408 e. The molecule has 2 heterocycles. The van der Waals surface area contributed by atoms with E-state index >= 15 is 0 Å². The predicted molar refractivity (Wildman–Crippen MR) is 111 cm³/mol. The standard InChI is InChI=1S/C21H28N4O4S/c1-15-9-11-18(12-10-15)30(27,28)25-13-5-8-17(14-25)19(26)22-21-24-23-20(29-21)16-6-3-2-4-7-16/h9-12,16-17H,2-8,13-14H2,1H3,(H,22,24,26). The number of aromatic nitrogens is 2. The molecule has 1 atom stereocenters. The average molecular weight is 433 g/mol. The number of nitrogens with one attached hydrogen (secondary N) is 1. The SMILES string of the molecule is Cc1ccc(S(=O)(=O)N2CCCC(C(=O)Nc3nnc(C4CCCCC4)o3)C2)cc1. The summed E-state index contributed by atoms with van der Waals surface area (Å²) in [7, 11) is -3.63. The zero-order valence-corrected chi connectivity index (χ0v) is 18.0. The monoisotopic (exact) mass is 432 g/mol. The van der Waals surface area contributed by atoms with Gasteiger partial charge in [-0.3, -0.25) is 10.1 Å². The second-order valence-electron chi connectivity index (χ2n) is 8.28. The second kappa shape index (κ2) is 8.85. The van der Waals surface area contributed by atoms with E-state index in [1.807, 2.05) is 6.92 Å². The third kappa shape index (κ3) is 4.57. The minimum atomic E-state index is -3.63. The van der Waals surface area contributed by atoms with E-state index in [1.54, 1.807) is 24.3 Å². The lowest BCUT2D eigenvalue weighted by atomic mass is 9.89. The van der Waals surface area contributed by atoms with Crippen molar-refractivity contribution in [1.82, 2.24) is 14.5 Å². The van der Waals surface area contributed by atoms with Gasteiger partial charge in [0.1, 0.15) is 0 Å². The van der Waals surface area contributed by atoms with Gasteiger partial charge in [0.25, 0.3) is 0 Å². The van der Waals surface area contributed by atoms with Crippen LogP contribution in [0, 0.1) is 12.8 Å². The van der Waals surface area contributed by atoms with Crippen molar-refractivity contribution in [3.8, 4) is 0 Å². The first-order chi connectivity index (χ1) is 14.4. The predicted octanol–water partition coefficient (Wildman–Crippen LogP) is 3.47. The molecule has 1 saturated heterocycles. The van der Waals surface area contributed by atoms with Gasteiger partial charge in [-0.1, -0.05) is 42.1 Å². The molecule has 1 unspecified atom stereocenters. The molecule has 8 nitrogen and oxygen atoms in total. The van der Waals surface area contributed by atoms with Crippen LogP contribution in [0.25, 0.3) is 0 Å². The Morgan fingerprint density at radius 3 is 2.53 bits per heavy atom. The number of anilines is 1. The zero-order chi connectivity index (χ0) is 21.1. The van der Waals surface area contributed by atoms with Gasteiger partial charge >= 0.3 is 6.01 Å². The fourth-order valence-electron chi connectivity index (χ4n) is 4.24. The fraction of sp³-hybridized carbons (Fsp3) is 0.571. The number of nitrogens with zero attached hydrogens (tertiary/aromatic N) is 3. The van der Waals surface area contributed by atoms with E-state index in [0.29, 0.717) is 25.3 Å². The number of piperidine rings is 1. The summed E-state index contributed by atoms with van der Waals surface area (Å²) in [5.41, 5.74) is 0.997. The molecule has 30 heavy (non-hydrogen) atoms. The highest BCUT2D eigenvalue weighted by Crippen LogP contribution is 2.32. The Morgan fingerprint density at radius 1 is 1.07 bits per heavy atom. The van der Waals surface area contributed by atoms with Crippen LogP contribution >= 0.6 is 0 Å². The summed E-state index contributed by atoms with van der Waals surface area (Å²) in [6.45, 7) is 2.47. The minimum Gasteiger partial charge on any atom is -0.408 e. The number of rotatable bonds is 5. The molecular weight excluding hydrogens is 404 g/mol. The van der Waals surface area contributed by atoms with Crippen molar-refractivity contribution < 1.29 is 17.6 Å². The fourth-order valence-corrected chi connectivity index (χ4v) is 5.76. The number of sulfonamides is 1. The van der Waals surface area contributed by atoms with Crippen molar-refractivity contribution in [2.75, 3.05) is 18.4 Å². The molecule has 1 amide bonds. The molecule has 1 aromatic carbocycles. The lowest BCUT2D eigenvalue weighted by Crippen LogP contribution is -2.43. The first-order valence-corrected chi connectivity index (χ1v) is 12.1. The highest BCUT2D eigenvalue weighted by Gasteiger charge is 2.34. The molecule has 162 valence electrons. The summed E-state index contributed by atoms with van der Waals surface area (Å²) >= 11 is 0. The van der Waals surface area contributed by atoms with E-state index in [0.717, 1.165) is 31.2 Å². The van der Waals surface area contributed by atoms with Crippen molar-refractivity contribution in [2.45, 2.75) is 62.7 Å². The van der Waals surface area contributed by atoms with Gasteiger partial charge in [-0.25, -0.2) is 8.42 Å². The number of benzene rings is 1. The Morgan fingerprint density at radius 2 is 1.80 bits per heavy atom. The van der Waals surface area contributed by atoms with E-state index in [2.05, 4.69) is 15.5 Å². The maximum absolute atomic E-state index is 13.0. The third-order valence-electron chi connectivity index (χ3n) is 6.04. The molecule has 1 saturated carbocycles. The average Bonchev–Trinajstić information content (AvgIpc) is 3.23. The molecule has 1 aliphatic carbocycles. The molecule has 0 radical (unpaired) electrons. The molecule has 2 fully saturated rings. The van der Waals surface area contributed by atoms with E-state index in [4.69, 9.17) is 4.42 Å². The van der Waals surface area contributed by atoms with Gasteiger partial charge in [0.05, 0.1) is 10.8 Å². The maximum Gasteiger partial charge on any atom is 0.322 e. The Kier molecular flexibility index (Phi) is 6.19. The Balaban J connectivity index is 1.40. The maximum atomic E-state index is 13.0. The summed E-state index contributed by atoms with van der Waals surface area (Å²) in [5.74, 6) is 0.112. The van der Waals surface area contributed by atoms with Crippen molar-refractivity contribution >= 4 is 21.9 Å². The zero-order valence-electron chi connectivity index (χ0n) is 17.2. The number of carbonyl (C=O) groups excluding carboxylic acids is 1. The van der Waals surface area contributed by atoms with E-state index in [-0.39, 0.29) is 29.3 Å². The van der Waals surface area contributed by atoms with Crippen LogP contribution in [0.2, 0.25) is 0 Å². The number of carbonyl (C=O) groups is 1. The lowest BCUT2D eigenvalue weighted by molar-refractivity contribution is -0.121. The number of amides is 1. The third-order valence-corrected chi connectivity index (χ3v) is 7.92. The smallest absolute Gasteiger partial charge is 0.322 e. The molecular formula is C21H28N4O4S. The van der Waals surface area contributed by atoms with E-state index in [9.17, 15) is 13.2 Å². The van der Waals surface area contributed by atoms with Crippen LogP contribution in [0.3, 0.4) is 0 Å². The van der Waals surface area contributed by atoms with E-state index < -0.39 is 15.9 Å². The quantitative estimate of drug-likeness (QED) is 0.776. The Bertz CT molecular complexity index is 981. The Labute approximate surface area is 177 Å². The summed E-state index contributed by atoms with van der Waals surface area (Å²) in [6, 6.07) is 6.87. The molecule has 0 spiro atoms. The summed E-state index contributed by atoms with van der Waals surface area (Å²) in [6.07, 6.45) is 6.85. The van der Waals surface area contributed by atoms with Crippen LogP contribution in [0.4, 0.5) is 6.01 Å². The van der Waals surface area contributed by atoms with Crippen molar-refractivity contribution in [3.63, 3.8) is 0 Å². The molecule has 1 aliphatic heterocycles. The molecule has 1 N–H and O–H groups in total. The first kappa shape index (κ1) is 21.0. The van der Waals surface area contributed by atoms with Gasteiger partial charge < -0.3 is 4.42 Å². The minimum absolute atomic E-state index is 0.0964. The number of hydrogen-bond donors (Lipinski definition) is 1. The highest BCUT2D eigenvalue weighted by molar-refractivity contribution is 7.89. The van der Waals surface area contributed by atoms with Crippen LogP contribution in [-0.4, -0.2) is 41.9 Å². The van der Waals surface area contributed by atoms with Gasteiger partial charge in [-0.2, -0.15) is 4.31 Å². The summed E-state index contributed by atoms with van der Waals surface area (Å²) in [4.78, 5) is 13.0. The van der Waals surface area contributed by atoms with Crippen LogP contribution in [-0.2, 0) is 14.8 Å². The van der Waals surface area contributed by atoms with Crippen LogP contribution in [0.5, 0.6) is 0 Å². The summed E-state index contributed by atoms with van der Waals surface area (Å²) < 4.78 is 33.0. The molecule has 1 aromatic heterocycles. The molecule has 0 bridgehead atoms. The molecule has 4 rings (SSSR count). The van der Waals surface area contributed by atoms with Gasteiger partial charge in [0.2, 0.25) is 21.8 Å². The topological polar surface area (TPSA) is 105 Å². The van der Waals surface area contributed by atoms with Gasteiger partial charge in [-0.05, 0) is 44.7 Å². The second-order valence-corrected chi connectivity index (χ2v) is 10.2. The van der Waals surface area contributed by atoms with Gasteiger partial charge in [0, 0.05) is 19.0 Å². The van der Waals surface area contributed by atoms with Crippen molar-refractivity contribution in [1.29, 1.82) is 0 Å². The van der Waals surface area contributed by atoms with E-state index in [1.165, 1.54) is 10.7 Å². The summed E-state index contributed by atoms with van der Waals surface area (Å²) in [5, 5.41) is 10.8. The Hall–Kier alpha value is -2.26. The molecule has 2 aliphatic rings. The van der Waals surface area contributed by atoms with Gasteiger partial charge in [0.15, 0.2) is 0 Å². The van der Waals surface area contributed by atoms with Crippen molar-refractivity contribution in [2.24, 2.45) is 5.92 Å². The molecule has 9 heteroatoms. The number of aryl methyl sites for hydroxylation is 1. The lowest BCUT2D eigenvalue weighted by Gasteiger charge is -2.30. The van der Waals surface area contributed by atoms with Crippen LogP contribution in [0.1, 0.15) is 62.3 Å². The molecule has 2 aromatic rings. The normalized spacial score (nSPS) is 21.4. The van der Waals surface area contributed by atoms with Crippen LogP contribution < -0.4 is 5.32 Å². The first-order valence-electron chi connectivity index (χ1n) is 10.6.